The van der Waals surface area contributed by atoms with Gasteiger partial charge < -0.3 is 10.2 Å². The van der Waals surface area contributed by atoms with Gasteiger partial charge in [-0.2, -0.15) is 97.6 Å². The third kappa shape index (κ3) is 22.0. The van der Waals surface area contributed by atoms with Crippen molar-refractivity contribution in [2.45, 2.75) is 166 Å². The number of hydrogen-bond acceptors (Lipinski definition) is 10. The van der Waals surface area contributed by atoms with Gasteiger partial charge in [-0.1, -0.05) is 55.4 Å². The number of aliphatic hydroxyl groups is 2. The molecule has 10 heteroatoms. The van der Waals surface area contributed by atoms with Gasteiger partial charge in [0.1, 0.15) is 0 Å². The van der Waals surface area contributed by atoms with Gasteiger partial charge in [0.2, 0.25) is 0 Å². The second-order valence-electron chi connectivity index (χ2n) is 12.3. The maximum absolute atomic E-state index is 12.1. The van der Waals surface area contributed by atoms with E-state index in [1.165, 1.54) is 0 Å². The van der Waals surface area contributed by atoms with Crippen LogP contribution >= 0.6 is 97.6 Å². The molecule has 0 aromatic carbocycles. The summed E-state index contributed by atoms with van der Waals surface area (Å²) in [6.45, 7) is 17.5. The van der Waals surface area contributed by atoms with Gasteiger partial charge in [0.25, 0.3) is 0 Å². The Morgan fingerprint density at radius 3 is 0.805 bits per heavy atom. The van der Waals surface area contributed by atoms with Crippen molar-refractivity contribution in [3.05, 3.63) is 0 Å². The largest absolute Gasteiger partial charge is 0.390 e. The van der Waals surface area contributed by atoms with Gasteiger partial charge in [-0.05, 0) is 74.4 Å². The lowest BCUT2D eigenvalue weighted by molar-refractivity contribution is -0.0809. The van der Waals surface area contributed by atoms with Crippen molar-refractivity contribution in [2.24, 2.45) is 0 Å². The van der Waals surface area contributed by atoms with Crippen molar-refractivity contribution in [1.82, 2.24) is 0 Å². The van der Waals surface area contributed by atoms with Crippen molar-refractivity contribution in [3.8, 4) is 0 Å². The molecule has 8 atom stereocenters. The highest BCUT2D eigenvalue weighted by Gasteiger charge is 2.38. The first-order valence-corrected chi connectivity index (χ1v) is 21.9. The average Bonchev–Trinajstić information content (AvgIpc) is 2.88. The number of rotatable bonds is 26. The van der Waals surface area contributed by atoms with Crippen LogP contribution in [0.25, 0.3) is 0 Å². The van der Waals surface area contributed by atoms with Crippen molar-refractivity contribution in [3.63, 3.8) is 0 Å². The SMILES string of the molecule is CC(S)C(C)SCCCC(O)(CCCSC(C)C(C)S)CC(O)(CCCSC(C)C(C)S)CCCSC(C)C(C)S. The van der Waals surface area contributed by atoms with Gasteiger partial charge in [-0.25, -0.2) is 0 Å². The maximum Gasteiger partial charge on any atom is 0.0675 e. The van der Waals surface area contributed by atoms with E-state index in [4.69, 9.17) is 0 Å². The fourth-order valence-electron chi connectivity index (χ4n) is 4.45. The molecule has 0 aliphatic heterocycles. The van der Waals surface area contributed by atoms with Crippen LogP contribution in [0.4, 0.5) is 0 Å². The van der Waals surface area contributed by atoms with Gasteiger partial charge in [0.15, 0.2) is 0 Å². The minimum absolute atomic E-state index is 0.356. The van der Waals surface area contributed by atoms with E-state index in [2.05, 4.69) is 106 Å². The zero-order valence-corrected chi connectivity index (χ0v) is 34.0. The van der Waals surface area contributed by atoms with Crippen LogP contribution in [-0.2, 0) is 0 Å². The summed E-state index contributed by atoms with van der Waals surface area (Å²) >= 11 is 26.2. The molecule has 8 unspecified atom stereocenters. The van der Waals surface area contributed by atoms with Gasteiger partial charge in [0, 0.05) is 48.4 Å². The molecule has 0 saturated heterocycles. The molecule has 0 aliphatic carbocycles. The highest BCUT2D eigenvalue weighted by Crippen LogP contribution is 2.37. The van der Waals surface area contributed by atoms with Crippen LogP contribution in [0.2, 0.25) is 0 Å². The molecule has 248 valence electrons. The fourth-order valence-corrected chi connectivity index (χ4v) is 9.33. The van der Waals surface area contributed by atoms with Gasteiger partial charge in [0.05, 0.1) is 11.2 Å². The summed E-state index contributed by atoms with van der Waals surface area (Å²) in [6, 6.07) is 0. The van der Waals surface area contributed by atoms with E-state index in [0.29, 0.717) is 48.4 Å². The van der Waals surface area contributed by atoms with Crippen LogP contribution in [0, 0.1) is 0 Å². The van der Waals surface area contributed by atoms with E-state index in [-0.39, 0.29) is 0 Å². The number of hydrogen-bond donors (Lipinski definition) is 6. The molecular weight excluding hydrogens is 661 g/mol. The average molecular weight is 725 g/mol. The third-order valence-electron chi connectivity index (χ3n) is 8.04. The first kappa shape index (κ1) is 43.7. The summed E-state index contributed by atoms with van der Waals surface area (Å²) in [5.41, 5.74) is -1.69. The molecule has 0 bridgehead atoms. The Bertz CT molecular complexity index is 539. The summed E-state index contributed by atoms with van der Waals surface area (Å²) in [6.07, 6.45) is 7.27. The molecule has 41 heavy (non-hydrogen) atoms. The van der Waals surface area contributed by atoms with Crippen molar-refractivity contribution in [1.29, 1.82) is 0 Å². The summed E-state index contributed by atoms with van der Waals surface area (Å²) in [7, 11) is 0. The standard InChI is InChI=1S/C31H64O2S8/c1-22(34)26(5)38-17-9-13-30(32,14-10-18-39-27(6)23(2)35)21-31(33,15-11-19-40-28(7)24(3)36)16-12-20-41-29(8)25(4)37/h22-29,32-37H,9-21H2,1-8H3. The zero-order valence-electron chi connectivity index (χ0n) is 27.1. The zero-order chi connectivity index (χ0) is 31.6. The molecule has 0 aliphatic rings. The van der Waals surface area contributed by atoms with Gasteiger partial charge in [-0.15, -0.1) is 0 Å². The highest BCUT2D eigenvalue weighted by atomic mass is 32.2. The second-order valence-corrected chi connectivity index (χ2v) is 21.5. The molecule has 0 amide bonds. The molecule has 0 aromatic heterocycles. The van der Waals surface area contributed by atoms with Crippen molar-refractivity contribution >= 4 is 97.6 Å². The first-order chi connectivity index (χ1) is 19.0. The normalized spacial score (nSPS) is 21.2. The Balaban J connectivity index is 5.46. The smallest absolute Gasteiger partial charge is 0.0675 e. The van der Waals surface area contributed by atoms with Crippen LogP contribution < -0.4 is 0 Å². The molecule has 0 spiro atoms. The lowest BCUT2D eigenvalue weighted by Gasteiger charge is -2.38. The molecule has 0 aromatic rings. The van der Waals surface area contributed by atoms with Crippen LogP contribution in [0.1, 0.15) is 113 Å². The van der Waals surface area contributed by atoms with E-state index in [9.17, 15) is 10.2 Å². The third-order valence-corrected chi connectivity index (χ3v) is 16.5. The Morgan fingerprint density at radius 1 is 0.439 bits per heavy atom. The van der Waals surface area contributed by atoms with E-state index >= 15 is 0 Å². The maximum atomic E-state index is 12.1. The van der Waals surface area contributed by atoms with Crippen molar-refractivity contribution in [2.75, 3.05) is 23.0 Å². The Morgan fingerprint density at radius 2 is 0.634 bits per heavy atom. The summed E-state index contributed by atoms with van der Waals surface area (Å²) in [4.78, 5) is 0. The molecule has 0 radical (unpaired) electrons. The monoisotopic (exact) mass is 724 g/mol. The van der Waals surface area contributed by atoms with E-state index in [1.807, 2.05) is 47.0 Å². The Labute approximate surface area is 294 Å². The highest BCUT2D eigenvalue weighted by molar-refractivity contribution is 8.01. The molecule has 0 saturated carbocycles. The predicted molar refractivity (Wildman–Crippen MR) is 213 cm³/mol. The van der Waals surface area contributed by atoms with Crippen LogP contribution in [0.3, 0.4) is 0 Å². The molecule has 0 rings (SSSR count). The van der Waals surface area contributed by atoms with E-state index < -0.39 is 11.2 Å². The predicted octanol–water partition coefficient (Wildman–Crippen LogP) is 9.72. The molecule has 2 nitrogen and oxygen atoms in total. The second kappa shape index (κ2) is 23.9. The summed E-state index contributed by atoms with van der Waals surface area (Å²) in [5.74, 6) is 4.07. The summed E-state index contributed by atoms with van der Waals surface area (Å²) < 4.78 is 0. The topological polar surface area (TPSA) is 40.5 Å². The summed E-state index contributed by atoms with van der Waals surface area (Å²) in [5, 5.41) is 27.6. The van der Waals surface area contributed by atoms with Crippen LogP contribution in [0.5, 0.6) is 0 Å². The quantitative estimate of drug-likeness (QED) is 0.0395. The van der Waals surface area contributed by atoms with Crippen molar-refractivity contribution < 1.29 is 10.2 Å². The molecule has 0 fully saturated rings. The molecular formula is C31H64O2S8. The fraction of sp³-hybridized carbons (Fsp3) is 1.00. The lowest BCUT2D eigenvalue weighted by atomic mass is 9.77. The van der Waals surface area contributed by atoms with Crippen LogP contribution in [0.15, 0.2) is 0 Å². The van der Waals surface area contributed by atoms with Gasteiger partial charge in [-0.3, -0.25) is 0 Å². The Hall–Kier alpha value is 2.72. The minimum atomic E-state index is -0.846. The molecule has 0 heterocycles. The Kier molecular flexibility index (Phi) is 25.5. The van der Waals surface area contributed by atoms with Gasteiger partial charge >= 0.3 is 0 Å². The minimum Gasteiger partial charge on any atom is -0.390 e. The molecule has 2 N–H and O–H groups in total. The number of thiol groups is 4. The van der Waals surface area contributed by atoms with E-state index in [1.54, 1.807) is 0 Å². The number of thioether (sulfide) groups is 4. The lowest BCUT2D eigenvalue weighted by Crippen LogP contribution is -2.42. The first-order valence-electron chi connectivity index (χ1n) is 15.7. The van der Waals surface area contributed by atoms with E-state index in [0.717, 1.165) is 74.4 Å². The van der Waals surface area contributed by atoms with Crippen LogP contribution in [-0.4, -0.2) is 86.4 Å².